The Morgan fingerprint density at radius 2 is 1.26 bits per heavy atom. The second kappa shape index (κ2) is 5.39. The predicted octanol–water partition coefficient (Wildman–Crippen LogP) is 6.35. The molecule has 0 atom stereocenters. The van der Waals surface area contributed by atoms with Gasteiger partial charge in [0.05, 0.1) is 16.9 Å². The third kappa shape index (κ3) is 2.15. The molecule has 0 aliphatic rings. The van der Waals surface area contributed by atoms with Crippen molar-refractivity contribution in [1.82, 2.24) is 9.97 Å². The zero-order chi connectivity index (χ0) is 17.8. The molecule has 0 radical (unpaired) electrons. The van der Waals surface area contributed by atoms with E-state index in [2.05, 4.69) is 54.6 Å². The summed E-state index contributed by atoms with van der Waals surface area (Å²) in [6.45, 7) is 0. The summed E-state index contributed by atoms with van der Waals surface area (Å²) in [5.74, 6) is 0. The maximum Gasteiger partial charge on any atom is 0.227 e. The Kier molecular flexibility index (Phi) is 2.88. The quantitative estimate of drug-likeness (QED) is 0.326. The fourth-order valence-corrected chi connectivity index (χ4v) is 3.78. The average Bonchev–Trinajstić information content (AvgIpc) is 3.11. The minimum absolute atomic E-state index is 0.647. The van der Waals surface area contributed by atoms with Crippen LogP contribution in [0.5, 0.6) is 0 Å². The van der Waals surface area contributed by atoms with Gasteiger partial charge in [-0.05, 0) is 47.2 Å². The lowest BCUT2D eigenvalue weighted by molar-refractivity contribution is 0.654. The lowest BCUT2D eigenvalue weighted by atomic mass is 10.0. The Hall–Kier alpha value is -3.72. The molecule has 3 heteroatoms. The first-order valence-corrected chi connectivity index (χ1v) is 8.94. The molecule has 6 aromatic rings. The summed E-state index contributed by atoms with van der Waals surface area (Å²) in [6.07, 6.45) is 0. The molecule has 0 aliphatic carbocycles. The summed E-state index contributed by atoms with van der Waals surface area (Å²) in [4.78, 5) is 9.57. The molecule has 6 rings (SSSR count). The number of hydrogen-bond donors (Lipinski definition) is 0. The van der Waals surface area contributed by atoms with E-state index in [4.69, 9.17) is 14.4 Å². The molecular formula is C24H14N2O. The summed E-state index contributed by atoms with van der Waals surface area (Å²) in [6, 6.07) is 28.8. The zero-order valence-corrected chi connectivity index (χ0v) is 14.4. The van der Waals surface area contributed by atoms with Gasteiger partial charge in [-0.25, -0.2) is 9.97 Å². The van der Waals surface area contributed by atoms with Crippen molar-refractivity contribution in [3.63, 3.8) is 0 Å². The molecule has 0 unspecified atom stereocenters. The fourth-order valence-electron chi connectivity index (χ4n) is 3.78. The fraction of sp³-hybridized carbons (Fsp3) is 0. The van der Waals surface area contributed by atoms with Gasteiger partial charge in [0.2, 0.25) is 5.71 Å². The highest BCUT2D eigenvalue weighted by molar-refractivity contribution is 6.07. The van der Waals surface area contributed by atoms with Crippen LogP contribution in [0.15, 0.2) is 89.3 Å². The molecule has 3 aromatic heterocycles. The Balaban J connectivity index is 1.56. The molecule has 3 heterocycles. The van der Waals surface area contributed by atoms with Gasteiger partial charge in [0, 0.05) is 16.2 Å². The van der Waals surface area contributed by atoms with Crippen molar-refractivity contribution in [1.29, 1.82) is 0 Å². The lowest BCUT2D eigenvalue weighted by Crippen LogP contribution is -1.89. The largest absolute Gasteiger partial charge is 0.438 e. The van der Waals surface area contributed by atoms with Gasteiger partial charge in [-0.3, -0.25) is 0 Å². The first-order valence-electron chi connectivity index (χ1n) is 8.94. The van der Waals surface area contributed by atoms with E-state index in [9.17, 15) is 0 Å². The molecule has 27 heavy (non-hydrogen) atoms. The predicted molar refractivity (Wildman–Crippen MR) is 110 cm³/mol. The van der Waals surface area contributed by atoms with Crippen LogP contribution in [0.2, 0.25) is 0 Å². The summed E-state index contributed by atoms with van der Waals surface area (Å²) in [7, 11) is 0. The van der Waals surface area contributed by atoms with Crippen LogP contribution in [-0.2, 0) is 0 Å². The van der Waals surface area contributed by atoms with Crippen LogP contribution in [0, 0.1) is 0 Å². The van der Waals surface area contributed by atoms with Crippen molar-refractivity contribution in [3.8, 4) is 11.4 Å². The van der Waals surface area contributed by atoms with E-state index in [1.165, 1.54) is 10.8 Å². The van der Waals surface area contributed by atoms with Gasteiger partial charge in [-0.1, -0.05) is 48.5 Å². The normalized spacial score (nSPS) is 11.7. The second-order valence-electron chi connectivity index (χ2n) is 6.70. The third-order valence-electron chi connectivity index (χ3n) is 5.10. The van der Waals surface area contributed by atoms with Gasteiger partial charge < -0.3 is 4.42 Å². The molecule has 3 aromatic carbocycles. The molecular weight excluding hydrogens is 332 g/mol. The molecule has 0 bridgehead atoms. The number of pyridine rings is 2. The average molecular weight is 346 g/mol. The van der Waals surface area contributed by atoms with Crippen LogP contribution in [0.4, 0.5) is 0 Å². The minimum Gasteiger partial charge on any atom is -0.438 e. The maximum atomic E-state index is 5.92. The van der Waals surface area contributed by atoms with E-state index in [1.54, 1.807) is 0 Å². The summed E-state index contributed by atoms with van der Waals surface area (Å²) in [5.41, 5.74) is 4.14. The van der Waals surface area contributed by atoms with Crippen molar-refractivity contribution in [2.24, 2.45) is 0 Å². The molecule has 0 saturated heterocycles. The molecule has 0 aliphatic heterocycles. The minimum atomic E-state index is 0.647. The standard InChI is InChI=1S/C24H14N2O/c1-2-6-16-15(5-1)9-12-20-17(16)10-13-21(25-20)22-14-11-19-18-7-3-4-8-23(18)27-24(19)26-22/h1-14H. The van der Waals surface area contributed by atoms with E-state index >= 15 is 0 Å². The van der Waals surface area contributed by atoms with Crippen molar-refractivity contribution < 1.29 is 4.42 Å². The molecule has 126 valence electrons. The molecule has 0 fully saturated rings. The van der Waals surface area contributed by atoms with Crippen molar-refractivity contribution in [2.45, 2.75) is 0 Å². The first kappa shape index (κ1) is 14.4. The number of furan rings is 1. The van der Waals surface area contributed by atoms with Gasteiger partial charge in [-0.15, -0.1) is 0 Å². The molecule has 0 saturated carbocycles. The van der Waals surface area contributed by atoms with Crippen molar-refractivity contribution in [3.05, 3.63) is 84.9 Å². The van der Waals surface area contributed by atoms with Gasteiger partial charge >= 0.3 is 0 Å². The highest BCUT2D eigenvalue weighted by Crippen LogP contribution is 2.30. The number of hydrogen-bond acceptors (Lipinski definition) is 3. The monoisotopic (exact) mass is 346 g/mol. The molecule has 0 N–H and O–H groups in total. The van der Waals surface area contributed by atoms with Gasteiger partial charge in [0.1, 0.15) is 5.58 Å². The number of nitrogens with zero attached hydrogens (tertiary/aromatic N) is 2. The number of fused-ring (bicyclic) bond motifs is 6. The zero-order valence-electron chi connectivity index (χ0n) is 14.4. The van der Waals surface area contributed by atoms with Crippen LogP contribution in [0.3, 0.4) is 0 Å². The second-order valence-corrected chi connectivity index (χ2v) is 6.70. The van der Waals surface area contributed by atoms with E-state index in [0.29, 0.717) is 5.71 Å². The molecule has 3 nitrogen and oxygen atoms in total. The molecule has 0 amide bonds. The van der Waals surface area contributed by atoms with E-state index < -0.39 is 0 Å². The number of aromatic nitrogens is 2. The topological polar surface area (TPSA) is 38.9 Å². The number of rotatable bonds is 1. The van der Waals surface area contributed by atoms with Crippen molar-refractivity contribution in [2.75, 3.05) is 0 Å². The Bertz CT molecular complexity index is 1480. The van der Waals surface area contributed by atoms with Crippen molar-refractivity contribution >= 4 is 43.7 Å². The third-order valence-corrected chi connectivity index (χ3v) is 5.10. The van der Waals surface area contributed by atoms with Crippen LogP contribution >= 0.6 is 0 Å². The highest BCUT2D eigenvalue weighted by Gasteiger charge is 2.11. The Morgan fingerprint density at radius 3 is 2.19 bits per heavy atom. The van der Waals surface area contributed by atoms with Crippen LogP contribution < -0.4 is 0 Å². The maximum absolute atomic E-state index is 5.92. The Morgan fingerprint density at radius 1 is 0.519 bits per heavy atom. The molecule has 0 spiro atoms. The van der Waals surface area contributed by atoms with Crippen LogP contribution in [0.1, 0.15) is 0 Å². The Labute approximate surface area is 154 Å². The summed E-state index contributed by atoms with van der Waals surface area (Å²) < 4.78 is 5.92. The van der Waals surface area contributed by atoms with Crippen LogP contribution in [0.25, 0.3) is 55.1 Å². The van der Waals surface area contributed by atoms with E-state index in [-0.39, 0.29) is 0 Å². The van der Waals surface area contributed by atoms with Gasteiger partial charge in [0.25, 0.3) is 0 Å². The first-order chi connectivity index (χ1) is 13.4. The lowest BCUT2D eigenvalue weighted by Gasteiger charge is -2.06. The van der Waals surface area contributed by atoms with E-state index in [0.717, 1.165) is 38.6 Å². The summed E-state index contributed by atoms with van der Waals surface area (Å²) in [5, 5.41) is 5.71. The van der Waals surface area contributed by atoms with Gasteiger partial charge in [-0.2, -0.15) is 0 Å². The highest BCUT2D eigenvalue weighted by atomic mass is 16.3. The van der Waals surface area contributed by atoms with Gasteiger partial charge in [0.15, 0.2) is 0 Å². The number of para-hydroxylation sites is 1. The van der Waals surface area contributed by atoms with E-state index in [1.807, 2.05) is 30.3 Å². The summed E-state index contributed by atoms with van der Waals surface area (Å²) >= 11 is 0. The van der Waals surface area contributed by atoms with Crippen LogP contribution in [-0.4, -0.2) is 9.97 Å². The number of benzene rings is 3. The smallest absolute Gasteiger partial charge is 0.227 e. The SMILES string of the molecule is c1ccc2c(c1)ccc1nc(-c3ccc4c(n3)oc3ccccc34)ccc12.